The number of pyridine rings is 1. The number of nitrogens with zero attached hydrogens (tertiary/aromatic N) is 1. The largest absolute Gasteiger partial charge is 0.573 e. The van der Waals surface area contributed by atoms with Crippen molar-refractivity contribution in [3.8, 4) is 5.75 Å². The van der Waals surface area contributed by atoms with Gasteiger partial charge in [0.1, 0.15) is 4.60 Å². The average molecular weight is 326 g/mol. The fourth-order valence-corrected chi connectivity index (χ4v) is 1.41. The lowest BCUT2D eigenvalue weighted by molar-refractivity contribution is -0.275. The Hall–Kier alpha value is -0.630. The van der Waals surface area contributed by atoms with Gasteiger partial charge in [0.15, 0.2) is 5.75 Å². The van der Waals surface area contributed by atoms with Crippen LogP contribution in [0.3, 0.4) is 0 Å². The number of alkyl halides is 5. The van der Waals surface area contributed by atoms with Crippen LogP contribution < -0.4 is 4.74 Å². The molecule has 0 amide bonds. The van der Waals surface area contributed by atoms with Gasteiger partial charge in [0.05, 0.1) is 16.8 Å². The van der Waals surface area contributed by atoms with Crippen molar-refractivity contribution in [2.45, 2.75) is 12.8 Å². The zero-order valence-electron chi connectivity index (χ0n) is 7.16. The van der Waals surface area contributed by atoms with Crippen molar-refractivity contribution in [3.05, 3.63) is 21.4 Å². The van der Waals surface area contributed by atoms with Crippen LogP contribution in [0.4, 0.5) is 22.0 Å². The van der Waals surface area contributed by atoms with E-state index in [4.69, 9.17) is 11.6 Å². The minimum atomic E-state index is -5.08. The van der Waals surface area contributed by atoms with E-state index in [1.54, 1.807) is 0 Å². The van der Waals surface area contributed by atoms with Crippen molar-refractivity contribution >= 4 is 27.5 Å². The molecule has 1 heterocycles. The van der Waals surface area contributed by atoms with E-state index in [2.05, 4.69) is 25.7 Å². The molecule has 0 saturated heterocycles. The van der Waals surface area contributed by atoms with Crippen molar-refractivity contribution in [3.63, 3.8) is 0 Å². The van der Waals surface area contributed by atoms with E-state index in [1.807, 2.05) is 0 Å². The lowest BCUT2D eigenvalue weighted by Gasteiger charge is -2.13. The summed E-state index contributed by atoms with van der Waals surface area (Å²) in [5.74, 6) is -1.12. The normalized spacial score (nSPS) is 12.0. The first-order valence-corrected chi connectivity index (χ1v) is 4.77. The molecule has 0 aliphatic carbocycles. The summed E-state index contributed by atoms with van der Waals surface area (Å²) in [6.07, 6.45) is -7.77. The second-order valence-corrected chi connectivity index (χ2v) is 3.62. The highest BCUT2D eigenvalue weighted by atomic mass is 79.9. The van der Waals surface area contributed by atoms with Gasteiger partial charge in [-0.15, -0.1) is 13.2 Å². The van der Waals surface area contributed by atoms with Crippen LogP contribution in [-0.2, 0) is 0 Å². The van der Waals surface area contributed by atoms with E-state index in [1.165, 1.54) is 0 Å². The maximum Gasteiger partial charge on any atom is 0.573 e. The minimum absolute atomic E-state index is 0.181. The van der Waals surface area contributed by atoms with Crippen molar-refractivity contribution in [1.82, 2.24) is 4.98 Å². The molecule has 0 saturated carbocycles. The van der Waals surface area contributed by atoms with E-state index in [0.717, 1.165) is 0 Å². The Labute approximate surface area is 99.5 Å². The molecular weight excluding hydrogens is 324 g/mol. The maximum absolute atomic E-state index is 12.5. The monoisotopic (exact) mass is 325 g/mol. The van der Waals surface area contributed by atoms with E-state index < -0.39 is 29.1 Å². The minimum Gasteiger partial charge on any atom is -0.404 e. The number of hydrogen-bond donors (Lipinski definition) is 0. The molecule has 0 aliphatic rings. The standard InChI is InChI=1S/C7H2BrClF5NO/c8-5-4(9)3(6(10)11)2(1-15-5)16-7(12,13)14/h1,6H. The first kappa shape index (κ1) is 13.4. The Balaban J connectivity index is 3.24. The van der Waals surface area contributed by atoms with Crippen molar-refractivity contribution in [1.29, 1.82) is 0 Å². The second kappa shape index (κ2) is 4.70. The van der Waals surface area contributed by atoms with Gasteiger partial charge in [0.2, 0.25) is 0 Å². The summed E-state index contributed by atoms with van der Waals surface area (Å²) in [6, 6.07) is 0. The predicted octanol–water partition coefficient (Wildman–Crippen LogP) is 4.33. The molecule has 1 aromatic rings. The summed E-state index contributed by atoms with van der Waals surface area (Å²) >= 11 is 8.10. The van der Waals surface area contributed by atoms with Crippen LogP contribution in [-0.4, -0.2) is 11.3 Å². The predicted molar refractivity (Wildman–Crippen MR) is 48.6 cm³/mol. The van der Waals surface area contributed by atoms with Crippen LogP contribution in [0.1, 0.15) is 12.0 Å². The van der Waals surface area contributed by atoms with Crippen LogP contribution in [0.15, 0.2) is 10.8 Å². The molecule has 16 heavy (non-hydrogen) atoms. The molecule has 0 fully saturated rings. The summed E-state index contributed by atoms with van der Waals surface area (Å²) in [5, 5.41) is -0.614. The molecule has 0 aliphatic heterocycles. The zero-order chi connectivity index (χ0) is 12.5. The molecule has 0 N–H and O–H groups in total. The van der Waals surface area contributed by atoms with Crippen LogP contribution in [0.2, 0.25) is 5.02 Å². The van der Waals surface area contributed by atoms with Gasteiger partial charge in [-0.3, -0.25) is 0 Å². The number of hydrogen-bond acceptors (Lipinski definition) is 2. The summed E-state index contributed by atoms with van der Waals surface area (Å²) in [7, 11) is 0. The molecular formula is C7H2BrClF5NO. The third kappa shape index (κ3) is 3.18. The van der Waals surface area contributed by atoms with Crippen molar-refractivity contribution in [2.24, 2.45) is 0 Å². The summed E-state index contributed by atoms with van der Waals surface area (Å²) in [4.78, 5) is 3.33. The summed E-state index contributed by atoms with van der Waals surface area (Å²) < 4.78 is 63.7. The first-order chi connectivity index (χ1) is 7.22. The number of aromatic nitrogens is 1. The van der Waals surface area contributed by atoms with E-state index in [0.29, 0.717) is 6.20 Å². The highest BCUT2D eigenvalue weighted by molar-refractivity contribution is 9.10. The van der Waals surface area contributed by atoms with Crippen LogP contribution in [0.5, 0.6) is 5.75 Å². The summed E-state index contributed by atoms with van der Waals surface area (Å²) in [6.45, 7) is 0. The Morgan fingerprint density at radius 1 is 1.38 bits per heavy atom. The topological polar surface area (TPSA) is 22.1 Å². The number of ether oxygens (including phenoxy) is 1. The smallest absolute Gasteiger partial charge is 0.404 e. The van der Waals surface area contributed by atoms with Gasteiger partial charge in [-0.05, 0) is 15.9 Å². The van der Waals surface area contributed by atoms with Gasteiger partial charge >= 0.3 is 6.36 Å². The Bertz CT molecular complexity index is 397. The Kier molecular flexibility index (Phi) is 3.95. The Morgan fingerprint density at radius 3 is 2.38 bits per heavy atom. The quantitative estimate of drug-likeness (QED) is 0.596. The van der Waals surface area contributed by atoms with Crippen molar-refractivity contribution < 1.29 is 26.7 Å². The fourth-order valence-electron chi connectivity index (χ4n) is 0.870. The molecule has 0 spiro atoms. The van der Waals surface area contributed by atoms with E-state index in [-0.39, 0.29) is 4.60 Å². The molecule has 0 unspecified atom stereocenters. The van der Waals surface area contributed by atoms with Gasteiger partial charge in [-0.2, -0.15) is 0 Å². The molecule has 2 nitrogen and oxygen atoms in total. The highest BCUT2D eigenvalue weighted by Crippen LogP contribution is 2.39. The number of rotatable bonds is 2. The number of halogens is 7. The van der Waals surface area contributed by atoms with Gasteiger partial charge in [0.25, 0.3) is 6.43 Å². The lowest BCUT2D eigenvalue weighted by atomic mass is 10.2. The molecule has 90 valence electrons. The molecule has 1 rings (SSSR count). The first-order valence-electron chi connectivity index (χ1n) is 3.60. The maximum atomic E-state index is 12.5. The molecule has 0 radical (unpaired) electrons. The third-order valence-electron chi connectivity index (χ3n) is 1.42. The van der Waals surface area contributed by atoms with Crippen molar-refractivity contribution in [2.75, 3.05) is 0 Å². The lowest BCUT2D eigenvalue weighted by Crippen LogP contribution is -2.18. The molecule has 0 atom stereocenters. The third-order valence-corrected chi connectivity index (χ3v) is 2.63. The van der Waals surface area contributed by atoms with Crippen LogP contribution in [0.25, 0.3) is 0 Å². The van der Waals surface area contributed by atoms with E-state index >= 15 is 0 Å². The SMILES string of the molecule is FC(F)c1c(OC(F)(F)F)cnc(Br)c1Cl. The average Bonchev–Trinajstić information content (AvgIpc) is 2.08. The van der Waals surface area contributed by atoms with E-state index in [9.17, 15) is 22.0 Å². The van der Waals surface area contributed by atoms with Gasteiger partial charge in [-0.1, -0.05) is 11.6 Å². The van der Waals surface area contributed by atoms with Crippen LogP contribution >= 0.6 is 27.5 Å². The Morgan fingerprint density at radius 2 is 1.94 bits per heavy atom. The van der Waals surface area contributed by atoms with Gasteiger partial charge < -0.3 is 4.74 Å². The molecule has 0 bridgehead atoms. The second-order valence-electron chi connectivity index (χ2n) is 2.49. The van der Waals surface area contributed by atoms with Crippen LogP contribution in [0, 0.1) is 0 Å². The van der Waals surface area contributed by atoms with Gasteiger partial charge in [-0.25, -0.2) is 13.8 Å². The zero-order valence-corrected chi connectivity index (χ0v) is 9.50. The van der Waals surface area contributed by atoms with Gasteiger partial charge in [0, 0.05) is 0 Å². The molecule has 9 heteroatoms. The molecule has 0 aromatic carbocycles. The fraction of sp³-hybridized carbons (Fsp3) is 0.286. The molecule has 1 aromatic heterocycles. The highest BCUT2D eigenvalue weighted by Gasteiger charge is 2.34. The summed E-state index contributed by atoms with van der Waals surface area (Å²) in [5.41, 5.74) is -1.05.